The van der Waals surface area contributed by atoms with Crippen LogP contribution in [0.5, 0.6) is 0 Å². The Hall–Kier alpha value is -0.120. The molecular weight excluding hydrogens is 155 g/mol. The van der Waals surface area contributed by atoms with Crippen LogP contribution in [0.2, 0.25) is 0 Å². The number of ether oxygens (including phenoxy) is 1. The third-order valence-electron chi connectivity index (χ3n) is 0.947. The van der Waals surface area contributed by atoms with Gasteiger partial charge in [0.2, 0.25) is 0 Å². The van der Waals surface area contributed by atoms with Gasteiger partial charge in [-0.05, 0) is 13.8 Å². The Balaban J connectivity index is 0. The molecule has 0 aliphatic carbocycles. The molecule has 3 nitrogen and oxygen atoms in total. The number of esters is 1. The molecule has 0 fully saturated rings. The van der Waals surface area contributed by atoms with Crippen molar-refractivity contribution in [3.8, 4) is 0 Å². The molecule has 58 valence electrons. The fraction of sp³-hybridized carbons (Fsp3) is 0.429. The van der Waals surface area contributed by atoms with Crippen molar-refractivity contribution in [2.45, 2.75) is 13.8 Å². The molecule has 4 heteroatoms. The molecule has 0 aromatic heterocycles. The number of hydrogen-bond acceptors (Lipinski definition) is 3. The van der Waals surface area contributed by atoms with Gasteiger partial charge in [0.1, 0.15) is 0 Å². The SMILES string of the molecule is C=C(C(C)=O)C(=O)OCC.[NaH]. The summed E-state index contributed by atoms with van der Waals surface area (Å²) in [7, 11) is 0. The third kappa shape index (κ3) is 5.18. The Morgan fingerprint density at radius 2 is 1.91 bits per heavy atom. The number of carbonyl (C=O) groups excluding carboxylic acids is 2. The summed E-state index contributed by atoms with van der Waals surface area (Å²) in [6, 6.07) is 0. The molecule has 0 heterocycles. The zero-order chi connectivity index (χ0) is 8.15. The maximum atomic E-state index is 10.6. The van der Waals surface area contributed by atoms with E-state index >= 15 is 0 Å². The van der Waals surface area contributed by atoms with Gasteiger partial charge in [0.05, 0.1) is 12.2 Å². The predicted molar refractivity (Wildman–Crippen MR) is 43.6 cm³/mol. The topological polar surface area (TPSA) is 43.4 Å². The molecule has 0 atom stereocenters. The molecule has 0 N–H and O–H groups in total. The van der Waals surface area contributed by atoms with Gasteiger partial charge in [0, 0.05) is 0 Å². The first kappa shape index (κ1) is 13.5. The molecule has 0 bridgehead atoms. The molecule has 0 spiro atoms. The van der Waals surface area contributed by atoms with Gasteiger partial charge in [0.25, 0.3) is 0 Å². The van der Waals surface area contributed by atoms with Crippen LogP contribution in [-0.4, -0.2) is 47.9 Å². The Labute approximate surface area is 88.1 Å². The van der Waals surface area contributed by atoms with Crippen molar-refractivity contribution < 1.29 is 14.3 Å². The van der Waals surface area contributed by atoms with Gasteiger partial charge in [-0.25, -0.2) is 4.79 Å². The molecule has 0 aliphatic rings. The van der Waals surface area contributed by atoms with E-state index in [1.165, 1.54) is 6.92 Å². The van der Waals surface area contributed by atoms with E-state index in [1.807, 2.05) is 0 Å². The Morgan fingerprint density at radius 3 is 2.18 bits per heavy atom. The number of rotatable bonds is 3. The zero-order valence-corrected chi connectivity index (χ0v) is 6.14. The van der Waals surface area contributed by atoms with Crippen LogP contribution in [0.15, 0.2) is 12.2 Å². The summed E-state index contributed by atoms with van der Waals surface area (Å²) < 4.78 is 4.51. The van der Waals surface area contributed by atoms with Crippen molar-refractivity contribution in [3.05, 3.63) is 12.2 Å². The van der Waals surface area contributed by atoms with Gasteiger partial charge in [-0.1, -0.05) is 6.58 Å². The van der Waals surface area contributed by atoms with Crippen LogP contribution in [0.3, 0.4) is 0 Å². The summed E-state index contributed by atoms with van der Waals surface area (Å²) in [5.41, 5.74) is -0.0955. The fourth-order valence-electron chi connectivity index (χ4n) is 0.362. The molecule has 0 unspecified atom stereocenters. The van der Waals surface area contributed by atoms with Crippen LogP contribution in [0.25, 0.3) is 0 Å². The van der Waals surface area contributed by atoms with Crippen molar-refractivity contribution in [2.24, 2.45) is 0 Å². The monoisotopic (exact) mass is 166 g/mol. The van der Waals surface area contributed by atoms with Crippen LogP contribution in [0.4, 0.5) is 0 Å². The Kier molecular flexibility index (Phi) is 8.06. The molecular formula is C7H11NaO3. The van der Waals surface area contributed by atoms with E-state index in [0.29, 0.717) is 0 Å². The molecule has 0 radical (unpaired) electrons. The quantitative estimate of drug-likeness (QED) is 0.195. The second-order valence-corrected chi connectivity index (χ2v) is 1.76. The van der Waals surface area contributed by atoms with Crippen LogP contribution in [-0.2, 0) is 14.3 Å². The summed E-state index contributed by atoms with van der Waals surface area (Å²) in [5.74, 6) is -0.978. The van der Waals surface area contributed by atoms with Gasteiger partial charge in [0.15, 0.2) is 5.78 Å². The predicted octanol–water partition coefficient (Wildman–Crippen LogP) is 0.0462. The molecule has 0 aliphatic heterocycles. The summed E-state index contributed by atoms with van der Waals surface area (Å²) in [6.07, 6.45) is 0. The second kappa shape index (κ2) is 6.58. The van der Waals surface area contributed by atoms with Crippen molar-refractivity contribution in [1.29, 1.82) is 0 Å². The summed E-state index contributed by atoms with van der Waals surface area (Å²) in [5, 5.41) is 0. The fourth-order valence-corrected chi connectivity index (χ4v) is 0.362. The number of hydrogen-bond donors (Lipinski definition) is 0. The minimum absolute atomic E-state index is 0. The standard InChI is InChI=1S/C7H10O3.Na.H/c1-4-10-7(9)5(2)6(3)8;;/h2,4H2,1,3H3;;. The average molecular weight is 166 g/mol. The van der Waals surface area contributed by atoms with Crippen molar-refractivity contribution in [3.63, 3.8) is 0 Å². The second-order valence-electron chi connectivity index (χ2n) is 1.76. The van der Waals surface area contributed by atoms with Gasteiger partial charge >= 0.3 is 35.5 Å². The van der Waals surface area contributed by atoms with Gasteiger partial charge in [-0.15, -0.1) is 0 Å². The number of Topliss-reactive ketones (excluding diaryl/α,β-unsaturated/α-hetero) is 1. The first-order chi connectivity index (χ1) is 4.59. The van der Waals surface area contributed by atoms with E-state index in [-0.39, 0.29) is 47.5 Å². The van der Waals surface area contributed by atoms with E-state index in [4.69, 9.17) is 0 Å². The first-order valence-corrected chi connectivity index (χ1v) is 2.96. The van der Waals surface area contributed by atoms with Crippen molar-refractivity contribution >= 4 is 41.3 Å². The molecule has 0 amide bonds. The Bertz CT molecular complexity index is 175. The van der Waals surface area contributed by atoms with Crippen molar-refractivity contribution in [2.75, 3.05) is 6.61 Å². The molecule has 0 aromatic rings. The molecule has 0 saturated heterocycles. The maximum absolute atomic E-state index is 10.6. The van der Waals surface area contributed by atoms with Crippen LogP contribution in [0.1, 0.15) is 13.8 Å². The molecule has 0 saturated carbocycles. The van der Waals surface area contributed by atoms with E-state index in [9.17, 15) is 9.59 Å². The summed E-state index contributed by atoms with van der Waals surface area (Å²) >= 11 is 0. The van der Waals surface area contributed by atoms with Crippen LogP contribution >= 0.6 is 0 Å². The normalized spacial score (nSPS) is 7.82. The summed E-state index contributed by atoms with van der Waals surface area (Å²) in [4.78, 5) is 21.1. The van der Waals surface area contributed by atoms with Gasteiger partial charge in [-0.2, -0.15) is 0 Å². The van der Waals surface area contributed by atoms with E-state index in [2.05, 4.69) is 11.3 Å². The molecule has 0 aromatic carbocycles. The Morgan fingerprint density at radius 1 is 1.45 bits per heavy atom. The van der Waals surface area contributed by atoms with Crippen LogP contribution < -0.4 is 0 Å². The van der Waals surface area contributed by atoms with Crippen LogP contribution in [0, 0.1) is 0 Å². The number of carbonyl (C=O) groups is 2. The summed E-state index contributed by atoms with van der Waals surface area (Å²) in [6.45, 7) is 6.47. The molecule has 0 rings (SSSR count). The van der Waals surface area contributed by atoms with E-state index in [1.54, 1.807) is 6.92 Å². The molecule has 11 heavy (non-hydrogen) atoms. The number of ketones is 1. The van der Waals surface area contributed by atoms with E-state index < -0.39 is 5.97 Å². The van der Waals surface area contributed by atoms with Gasteiger partial charge < -0.3 is 4.74 Å². The van der Waals surface area contributed by atoms with E-state index in [0.717, 1.165) is 0 Å². The third-order valence-corrected chi connectivity index (χ3v) is 0.947. The first-order valence-electron chi connectivity index (χ1n) is 2.96. The average Bonchev–Trinajstić information content (AvgIpc) is 1.87. The minimum atomic E-state index is -0.630. The van der Waals surface area contributed by atoms with Gasteiger partial charge in [-0.3, -0.25) is 4.79 Å². The zero-order valence-electron chi connectivity index (χ0n) is 6.14. The van der Waals surface area contributed by atoms with Crippen molar-refractivity contribution in [1.82, 2.24) is 0 Å².